The molecule has 0 spiro atoms. The van der Waals surface area contributed by atoms with Gasteiger partial charge < -0.3 is 0 Å². The van der Waals surface area contributed by atoms with Gasteiger partial charge in [-0.1, -0.05) is 52.0 Å². The zero-order valence-electron chi connectivity index (χ0n) is 14.1. The number of rotatable bonds is 2. The Morgan fingerprint density at radius 1 is 0.905 bits per heavy atom. The van der Waals surface area contributed by atoms with Gasteiger partial charge in [0.25, 0.3) is 0 Å². The molecule has 0 radical (unpaired) electrons. The summed E-state index contributed by atoms with van der Waals surface area (Å²) in [6.45, 7) is 9.42. The average Bonchev–Trinajstić information content (AvgIpc) is 2.87. The topological polar surface area (TPSA) is 0 Å². The molecule has 0 nitrogen and oxygen atoms in total. The smallest absolute Gasteiger partial charge is 0.00173 e. The fraction of sp³-hybridized carbons (Fsp3) is 0.810. The maximum atomic E-state index is 5.81. The summed E-state index contributed by atoms with van der Waals surface area (Å²) in [5.74, 6) is 5.15. The summed E-state index contributed by atoms with van der Waals surface area (Å²) in [7, 11) is 0. The van der Waals surface area contributed by atoms with E-state index in [1.54, 1.807) is 0 Å². The van der Waals surface area contributed by atoms with Crippen LogP contribution in [-0.4, -0.2) is 0 Å². The molecule has 0 aromatic carbocycles. The minimum absolute atomic E-state index is 0.520. The van der Waals surface area contributed by atoms with Gasteiger partial charge in [0, 0.05) is 0 Å². The molecule has 0 heteroatoms. The summed E-state index contributed by atoms with van der Waals surface area (Å²) in [5.41, 5.74) is 2.18. The van der Waals surface area contributed by atoms with Crippen molar-refractivity contribution < 1.29 is 0 Å². The molecule has 3 aliphatic carbocycles. The first-order chi connectivity index (χ1) is 10.0. The Morgan fingerprint density at radius 2 is 1.48 bits per heavy atom. The second-order valence-corrected chi connectivity index (χ2v) is 8.71. The molecular formula is C21H32. The zero-order valence-corrected chi connectivity index (χ0v) is 14.1. The number of fused-ring (bicyclic) bond motifs is 1. The first-order valence-electron chi connectivity index (χ1n) is 9.16. The van der Waals surface area contributed by atoms with Gasteiger partial charge in [0.2, 0.25) is 0 Å². The van der Waals surface area contributed by atoms with Crippen LogP contribution in [-0.2, 0) is 0 Å². The zero-order chi connectivity index (χ0) is 15.1. The summed E-state index contributed by atoms with van der Waals surface area (Å²) in [6.07, 6.45) is 19.9. The van der Waals surface area contributed by atoms with E-state index in [9.17, 15) is 0 Å². The lowest BCUT2D eigenvalue weighted by Crippen LogP contribution is -2.46. The standard InChI is InChI=1S/C21H32/c1-5-16(2)19-17-10-9-14-21(17,4)15-11-18(19)20(3)12-7-6-8-13-20/h1,17-19H,2,6-15H2,3-4H3. The highest BCUT2D eigenvalue weighted by molar-refractivity contribution is 5.28. The minimum Gasteiger partial charge on any atom is -0.115 e. The Balaban J connectivity index is 1.92. The first kappa shape index (κ1) is 15.2. The second-order valence-electron chi connectivity index (χ2n) is 8.71. The van der Waals surface area contributed by atoms with Crippen molar-refractivity contribution in [1.82, 2.24) is 0 Å². The van der Waals surface area contributed by atoms with Crippen LogP contribution in [0.4, 0.5) is 0 Å². The molecule has 3 fully saturated rings. The van der Waals surface area contributed by atoms with E-state index >= 15 is 0 Å². The van der Waals surface area contributed by atoms with Gasteiger partial charge in [-0.2, -0.15) is 0 Å². The highest BCUT2D eigenvalue weighted by Gasteiger charge is 2.53. The summed E-state index contributed by atoms with van der Waals surface area (Å²) < 4.78 is 0. The van der Waals surface area contributed by atoms with E-state index in [1.165, 1.54) is 64.2 Å². The quantitative estimate of drug-likeness (QED) is 0.547. The summed E-state index contributed by atoms with van der Waals surface area (Å²) in [5, 5.41) is 0. The van der Waals surface area contributed by atoms with Crippen molar-refractivity contribution in [3.8, 4) is 12.3 Å². The Hall–Kier alpha value is -0.700. The van der Waals surface area contributed by atoms with E-state index in [2.05, 4.69) is 26.3 Å². The Bertz CT molecular complexity index is 445. The monoisotopic (exact) mass is 284 g/mol. The van der Waals surface area contributed by atoms with Gasteiger partial charge in [-0.15, -0.1) is 6.42 Å². The largest absolute Gasteiger partial charge is 0.115 e. The third-order valence-electron chi connectivity index (χ3n) is 7.53. The Labute approximate surface area is 131 Å². The predicted molar refractivity (Wildman–Crippen MR) is 90.8 cm³/mol. The van der Waals surface area contributed by atoms with Crippen LogP contribution < -0.4 is 0 Å². The number of allylic oxidation sites excluding steroid dienone is 1. The van der Waals surface area contributed by atoms with Gasteiger partial charge in [-0.05, 0) is 72.7 Å². The van der Waals surface area contributed by atoms with Crippen molar-refractivity contribution in [2.24, 2.45) is 28.6 Å². The molecule has 3 saturated carbocycles. The van der Waals surface area contributed by atoms with Crippen molar-refractivity contribution in [3.05, 3.63) is 12.2 Å². The van der Waals surface area contributed by atoms with E-state index in [-0.39, 0.29) is 0 Å². The van der Waals surface area contributed by atoms with Crippen molar-refractivity contribution in [2.75, 3.05) is 0 Å². The molecule has 0 bridgehead atoms. The van der Waals surface area contributed by atoms with Crippen molar-refractivity contribution in [2.45, 2.75) is 78.1 Å². The fourth-order valence-electron chi connectivity index (χ4n) is 6.22. The lowest BCUT2D eigenvalue weighted by molar-refractivity contribution is -0.0202. The molecule has 0 heterocycles. The highest BCUT2D eigenvalue weighted by Crippen LogP contribution is 2.62. The molecule has 4 atom stereocenters. The van der Waals surface area contributed by atoms with Crippen LogP contribution in [0.2, 0.25) is 0 Å². The molecule has 3 aliphatic rings. The molecule has 3 rings (SSSR count). The third kappa shape index (κ3) is 2.48. The maximum Gasteiger partial charge on any atom is -0.00173 e. The molecule has 0 aliphatic heterocycles. The summed E-state index contributed by atoms with van der Waals surface area (Å²) in [4.78, 5) is 0. The molecule has 0 amide bonds. The number of terminal acetylenes is 1. The summed E-state index contributed by atoms with van der Waals surface area (Å²) in [6, 6.07) is 0. The van der Waals surface area contributed by atoms with Crippen LogP contribution in [0.15, 0.2) is 12.2 Å². The Kier molecular flexibility index (Phi) is 3.98. The third-order valence-corrected chi connectivity index (χ3v) is 7.53. The fourth-order valence-corrected chi connectivity index (χ4v) is 6.22. The molecule has 116 valence electrons. The average molecular weight is 284 g/mol. The molecular weight excluding hydrogens is 252 g/mol. The van der Waals surface area contributed by atoms with Gasteiger partial charge in [-0.3, -0.25) is 0 Å². The normalized spacial score (nSPS) is 42.0. The van der Waals surface area contributed by atoms with E-state index in [0.717, 1.165) is 17.4 Å². The van der Waals surface area contributed by atoms with E-state index in [1.807, 2.05) is 0 Å². The van der Waals surface area contributed by atoms with Crippen LogP contribution in [0.3, 0.4) is 0 Å². The first-order valence-corrected chi connectivity index (χ1v) is 9.16. The number of hydrogen-bond donors (Lipinski definition) is 0. The van der Waals surface area contributed by atoms with Gasteiger partial charge >= 0.3 is 0 Å². The van der Waals surface area contributed by atoms with Gasteiger partial charge in [-0.25, -0.2) is 0 Å². The molecule has 0 N–H and O–H groups in total. The predicted octanol–water partition coefficient (Wildman–Crippen LogP) is 5.98. The lowest BCUT2D eigenvalue weighted by Gasteiger charge is -2.53. The number of hydrogen-bond acceptors (Lipinski definition) is 0. The van der Waals surface area contributed by atoms with E-state index in [0.29, 0.717) is 16.7 Å². The maximum absolute atomic E-state index is 5.81. The van der Waals surface area contributed by atoms with Crippen LogP contribution in [0.25, 0.3) is 0 Å². The molecule has 4 unspecified atom stereocenters. The Morgan fingerprint density at radius 3 is 2.14 bits per heavy atom. The van der Waals surface area contributed by atoms with Gasteiger partial charge in [0.1, 0.15) is 0 Å². The molecule has 0 saturated heterocycles. The lowest BCUT2D eigenvalue weighted by atomic mass is 9.51. The van der Waals surface area contributed by atoms with Crippen molar-refractivity contribution >= 4 is 0 Å². The van der Waals surface area contributed by atoms with Crippen molar-refractivity contribution in [1.29, 1.82) is 0 Å². The van der Waals surface area contributed by atoms with Crippen LogP contribution in [0.1, 0.15) is 78.1 Å². The molecule has 21 heavy (non-hydrogen) atoms. The molecule has 0 aromatic heterocycles. The van der Waals surface area contributed by atoms with E-state index in [4.69, 9.17) is 6.42 Å². The van der Waals surface area contributed by atoms with Gasteiger partial charge in [0.15, 0.2) is 0 Å². The second kappa shape index (κ2) is 5.49. The van der Waals surface area contributed by atoms with Gasteiger partial charge in [0.05, 0.1) is 0 Å². The SMILES string of the molecule is C#CC(=C)C1C(C2(C)CCCCC2)CCC2(C)CCCC12. The highest BCUT2D eigenvalue weighted by atomic mass is 14.6. The van der Waals surface area contributed by atoms with Crippen LogP contribution in [0, 0.1) is 40.9 Å². The molecule has 0 aromatic rings. The van der Waals surface area contributed by atoms with E-state index < -0.39 is 0 Å². The minimum atomic E-state index is 0.520. The van der Waals surface area contributed by atoms with Crippen LogP contribution in [0.5, 0.6) is 0 Å². The summed E-state index contributed by atoms with van der Waals surface area (Å²) >= 11 is 0. The van der Waals surface area contributed by atoms with Crippen molar-refractivity contribution in [3.63, 3.8) is 0 Å². The van der Waals surface area contributed by atoms with Crippen LogP contribution >= 0.6 is 0 Å².